The molecule has 0 fully saturated rings. The first-order valence-electron chi connectivity index (χ1n) is 4.07. The first-order valence-corrected chi connectivity index (χ1v) is 4.95. The van der Waals surface area contributed by atoms with Crippen LogP contribution in [0.4, 0.5) is 5.69 Å². The Labute approximate surface area is 85.0 Å². The van der Waals surface area contributed by atoms with E-state index >= 15 is 0 Å². The Balaban J connectivity index is 2.85. The van der Waals surface area contributed by atoms with Crippen molar-refractivity contribution in [3.8, 4) is 6.07 Å². The fraction of sp³-hybridized carbons (Fsp3) is 0.100. The lowest BCUT2D eigenvalue weighted by atomic mass is 10.1. The van der Waals surface area contributed by atoms with Crippen LogP contribution in [-0.2, 0) is 6.61 Å². The lowest BCUT2D eigenvalue weighted by Gasteiger charge is -2.01. The Morgan fingerprint density at radius 2 is 2.29 bits per heavy atom. The molecule has 0 radical (unpaired) electrons. The molecule has 0 saturated heterocycles. The second kappa shape index (κ2) is 3.29. The number of fused-ring (bicyclic) bond motifs is 1. The third-order valence-electron chi connectivity index (χ3n) is 2.15. The molecule has 0 unspecified atom stereocenters. The van der Waals surface area contributed by atoms with Crippen LogP contribution in [0.1, 0.15) is 11.1 Å². The van der Waals surface area contributed by atoms with E-state index in [9.17, 15) is 0 Å². The van der Waals surface area contributed by atoms with Crippen LogP contribution in [0.15, 0.2) is 17.5 Å². The highest BCUT2D eigenvalue weighted by Crippen LogP contribution is 2.32. The van der Waals surface area contributed by atoms with Crippen molar-refractivity contribution >= 4 is 27.1 Å². The average Bonchev–Trinajstić information content (AvgIpc) is 2.62. The lowest BCUT2D eigenvalue weighted by Crippen LogP contribution is -1.92. The number of nitrogens with two attached hydrogens (primary N) is 1. The van der Waals surface area contributed by atoms with Gasteiger partial charge in [0.15, 0.2) is 0 Å². The van der Waals surface area contributed by atoms with Gasteiger partial charge >= 0.3 is 0 Å². The van der Waals surface area contributed by atoms with Crippen LogP contribution in [-0.4, -0.2) is 5.11 Å². The van der Waals surface area contributed by atoms with E-state index in [1.165, 1.54) is 11.3 Å². The number of aliphatic hydroxyl groups is 1. The minimum Gasteiger partial charge on any atom is -0.397 e. The van der Waals surface area contributed by atoms with E-state index in [4.69, 9.17) is 16.1 Å². The maximum Gasteiger partial charge on any atom is 0.101 e. The molecule has 0 atom stereocenters. The minimum absolute atomic E-state index is 0.0426. The Morgan fingerprint density at radius 3 is 2.93 bits per heavy atom. The molecule has 0 bridgehead atoms. The summed E-state index contributed by atoms with van der Waals surface area (Å²) >= 11 is 1.52. The second-order valence-corrected chi connectivity index (χ2v) is 3.84. The summed E-state index contributed by atoms with van der Waals surface area (Å²) in [5.41, 5.74) is 7.55. The van der Waals surface area contributed by atoms with Crippen molar-refractivity contribution in [3.05, 3.63) is 28.6 Å². The van der Waals surface area contributed by atoms with Crippen molar-refractivity contribution in [2.24, 2.45) is 0 Å². The van der Waals surface area contributed by atoms with E-state index in [2.05, 4.69) is 0 Å². The topological polar surface area (TPSA) is 70.0 Å². The highest BCUT2D eigenvalue weighted by atomic mass is 32.1. The Bertz CT molecular complexity index is 525. The Kier molecular flexibility index (Phi) is 2.12. The SMILES string of the molecule is N#Cc1ccc2scc(CO)c2c1N. The van der Waals surface area contributed by atoms with Crippen LogP contribution in [0, 0.1) is 11.3 Å². The van der Waals surface area contributed by atoms with Crippen molar-refractivity contribution in [1.29, 1.82) is 5.26 Å². The summed E-state index contributed by atoms with van der Waals surface area (Å²) in [6, 6.07) is 5.59. The number of aliphatic hydroxyl groups excluding tert-OH is 1. The Hall–Kier alpha value is -1.57. The monoisotopic (exact) mass is 204 g/mol. The van der Waals surface area contributed by atoms with Gasteiger partial charge in [0.05, 0.1) is 17.9 Å². The number of rotatable bonds is 1. The van der Waals surface area contributed by atoms with Crippen LogP contribution in [0.2, 0.25) is 0 Å². The van der Waals surface area contributed by atoms with Gasteiger partial charge in [0.25, 0.3) is 0 Å². The number of thiophene rings is 1. The van der Waals surface area contributed by atoms with Crippen LogP contribution in [0.3, 0.4) is 0 Å². The van der Waals surface area contributed by atoms with Crippen molar-refractivity contribution < 1.29 is 5.11 Å². The third kappa shape index (κ3) is 1.15. The van der Waals surface area contributed by atoms with Gasteiger partial charge in [-0.3, -0.25) is 0 Å². The number of anilines is 1. The summed E-state index contributed by atoms with van der Waals surface area (Å²) in [5.74, 6) is 0. The molecule has 1 aromatic carbocycles. The highest BCUT2D eigenvalue weighted by Gasteiger charge is 2.09. The maximum atomic E-state index is 9.08. The standard InChI is InChI=1S/C10H8N2OS/c11-3-6-1-2-8-9(10(6)12)7(4-13)5-14-8/h1-2,5,13H,4,12H2. The molecule has 0 aliphatic rings. The van der Waals surface area contributed by atoms with Crippen molar-refractivity contribution in [2.75, 3.05) is 5.73 Å². The largest absolute Gasteiger partial charge is 0.397 e. The quantitative estimate of drug-likeness (QED) is 0.696. The number of nitrogen functional groups attached to an aromatic ring is 1. The lowest BCUT2D eigenvalue weighted by molar-refractivity contribution is 0.284. The molecule has 0 aliphatic carbocycles. The molecule has 70 valence electrons. The predicted molar refractivity (Wildman–Crippen MR) is 56.9 cm³/mol. The van der Waals surface area contributed by atoms with Crippen molar-refractivity contribution in [3.63, 3.8) is 0 Å². The van der Waals surface area contributed by atoms with Gasteiger partial charge in [-0.2, -0.15) is 5.26 Å². The number of benzene rings is 1. The number of nitrogens with zero attached hydrogens (tertiary/aromatic N) is 1. The number of hydrogen-bond acceptors (Lipinski definition) is 4. The summed E-state index contributed by atoms with van der Waals surface area (Å²) in [5, 5.41) is 20.6. The molecule has 2 aromatic rings. The summed E-state index contributed by atoms with van der Waals surface area (Å²) in [6.07, 6.45) is 0. The molecule has 1 heterocycles. The van der Waals surface area contributed by atoms with Gasteiger partial charge in [0.1, 0.15) is 6.07 Å². The van der Waals surface area contributed by atoms with Crippen LogP contribution in [0.5, 0.6) is 0 Å². The van der Waals surface area contributed by atoms with E-state index < -0.39 is 0 Å². The minimum atomic E-state index is -0.0426. The van der Waals surface area contributed by atoms with E-state index in [1.54, 1.807) is 6.07 Å². The molecule has 3 nitrogen and oxygen atoms in total. The first kappa shape index (κ1) is 9.00. The Morgan fingerprint density at radius 1 is 1.50 bits per heavy atom. The van der Waals surface area contributed by atoms with Gasteiger partial charge in [-0.1, -0.05) is 0 Å². The fourth-order valence-corrected chi connectivity index (χ4v) is 2.40. The van der Waals surface area contributed by atoms with Crippen molar-refractivity contribution in [1.82, 2.24) is 0 Å². The van der Waals surface area contributed by atoms with Gasteiger partial charge in [-0.05, 0) is 23.1 Å². The van der Waals surface area contributed by atoms with E-state index in [-0.39, 0.29) is 6.61 Å². The van der Waals surface area contributed by atoms with E-state index in [0.29, 0.717) is 11.3 Å². The second-order valence-electron chi connectivity index (χ2n) is 2.93. The molecule has 3 N–H and O–H groups in total. The molecule has 0 saturated carbocycles. The fourth-order valence-electron chi connectivity index (χ4n) is 1.44. The maximum absolute atomic E-state index is 9.08. The van der Waals surface area contributed by atoms with Gasteiger partial charge in [-0.25, -0.2) is 0 Å². The molecule has 0 aliphatic heterocycles. The molecule has 4 heteroatoms. The molecule has 2 rings (SSSR count). The highest BCUT2D eigenvalue weighted by molar-refractivity contribution is 7.17. The van der Waals surface area contributed by atoms with Crippen LogP contribution >= 0.6 is 11.3 Å². The van der Waals surface area contributed by atoms with Gasteiger partial charge < -0.3 is 10.8 Å². The van der Waals surface area contributed by atoms with E-state index in [0.717, 1.165) is 15.6 Å². The normalized spacial score (nSPS) is 10.3. The summed E-state index contributed by atoms with van der Waals surface area (Å²) < 4.78 is 1.01. The van der Waals surface area contributed by atoms with E-state index in [1.807, 2.05) is 17.5 Å². The van der Waals surface area contributed by atoms with Gasteiger partial charge in [0.2, 0.25) is 0 Å². The van der Waals surface area contributed by atoms with Crippen LogP contribution in [0.25, 0.3) is 10.1 Å². The number of hydrogen-bond donors (Lipinski definition) is 2. The zero-order valence-corrected chi connectivity index (χ0v) is 8.14. The average molecular weight is 204 g/mol. The molecule has 14 heavy (non-hydrogen) atoms. The predicted octanol–water partition coefficient (Wildman–Crippen LogP) is 1.85. The zero-order valence-electron chi connectivity index (χ0n) is 7.32. The van der Waals surface area contributed by atoms with Crippen LogP contribution < -0.4 is 5.73 Å². The molecule has 0 amide bonds. The van der Waals surface area contributed by atoms with Gasteiger partial charge in [-0.15, -0.1) is 11.3 Å². The third-order valence-corrected chi connectivity index (χ3v) is 3.14. The molecule has 1 aromatic heterocycles. The first-order chi connectivity index (χ1) is 6.77. The summed E-state index contributed by atoms with van der Waals surface area (Å²) in [4.78, 5) is 0. The molecular weight excluding hydrogens is 196 g/mol. The molecule has 0 spiro atoms. The summed E-state index contributed by atoms with van der Waals surface area (Å²) in [7, 11) is 0. The number of nitriles is 1. The zero-order chi connectivity index (χ0) is 10.1. The smallest absolute Gasteiger partial charge is 0.101 e. The summed E-state index contributed by atoms with van der Waals surface area (Å²) in [6.45, 7) is -0.0426. The molecular formula is C10H8N2OS. The van der Waals surface area contributed by atoms with Gasteiger partial charge in [0, 0.05) is 10.1 Å². The van der Waals surface area contributed by atoms with Crippen molar-refractivity contribution in [2.45, 2.75) is 6.61 Å².